The van der Waals surface area contributed by atoms with E-state index in [-0.39, 0.29) is 12.0 Å². The molecule has 3 heterocycles. The van der Waals surface area contributed by atoms with Gasteiger partial charge in [0, 0.05) is 10.7 Å². The Kier molecular flexibility index (Phi) is 4.38. The molecule has 7 nitrogen and oxygen atoms in total. The Morgan fingerprint density at radius 1 is 0.818 bits per heavy atom. The third-order valence-corrected chi connectivity index (χ3v) is 6.00. The predicted molar refractivity (Wildman–Crippen MR) is 125 cm³/mol. The first-order valence-corrected chi connectivity index (χ1v) is 10.7. The first-order valence-electron chi connectivity index (χ1n) is 10.3. The molecule has 0 saturated carbocycles. The van der Waals surface area contributed by atoms with Crippen molar-refractivity contribution in [3.8, 4) is 0 Å². The Bertz CT molecular complexity index is 1410. The van der Waals surface area contributed by atoms with Crippen LogP contribution in [0.2, 0.25) is 5.02 Å². The van der Waals surface area contributed by atoms with Crippen molar-refractivity contribution < 1.29 is 9.59 Å². The van der Waals surface area contributed by atoms with Gasteiger partial charge in [-0.25, -0.2) is 9.58 Å². The molecule has 4 aromatic rings. The van der Waals surface area contributed by atoms with Crippen LogP contribution in [0.1, 0.15) is 37.9 Å². The lowest BCUT2D eigenvalue weighted by Gasteiger charge is -2.24. The SMILES string of the molecule is O=C1c2ccccc2C(=O)N1c1nc2n(n1)[C@@H](c1ccccc1)C=C(c1ccc(Cl)cc1)N2. The van der Waals surface area contributed by atoms with E-state index in [1.165, 1.54) is 0 Å². The molecular formula is C25H16ClN5O2. The molecule has 0 spiro atoms. The first kappa shape index (κ1) is 19.5. The number of carbonyl (C=O) groups excluding carboxylic acids is 2. The second-order valence-corrected chi connectivity index (χ2v) is 8.18. The number of imide groups is 1. The second kappa shape index (κ2) is 7.43. The fraction of sp³-hybridized carbons (Fsp3) is 0.0400. The molecule has 160 valence electrons. The van der Waals surface area contributed by atoms with Crippen molar-refractivity contribution in [2.45, 2.75) is 6.04 Å². The Balaban J connectivity index is 1.45. The number of hydrogen-bond donors (Lipinski definition) is 1. The highest BCUT2D eigenvalue weighted by Gasteiger charge is 2.40. The van der Waals surface area contributed by atoms with E-state index in [1.54, 1.807) is 28.9 Å². The van der Waals surface area contributed by atoms with Crippen LogP contribution in [0.3, 0.4) is 0 Å². The maximum atomic E-state index is 13.0. The molecule has 1 N–H and O–H groups in total. The van der Waals surface area contributed by atoms with Gasteiger partial charge < -0.3 is 5.32 Å². The molecule has 33 heavy (non-hydrogen) atoms. The largest absolute Gasteiger partial charge is 0.324 e. The lowest BCUT2D eigenvalue weighted by atomic mass is 10.0. The van der Waals surface area contributed by atoms with Gasteiger partial charge in [-0.15, -0.1) is 5.10 Å². The molecule has 8 heteroatoms. The normalized spacial score (nSPS) is 16.8. The molecule has 0 saturated heterocycles. The molecule has 0 fully saturated rings. The molecule has 1 aromatic heterocycles. The molecule has 0 radical (unpaired) electrons. The highest BCUT2D eigenvalue weighted by Crippen LogP contribution is 2.35. The number of carbonyl (C=O) groups is 2. The molecule has 0 unspecified atom stereocenters. The van der Waals surface area contributed by atoms with Crippen LogP contribution in [0.4, 0.5) is 11.9 Å². The lowest BCUT2D eigenvalue weighted by molar-refractivity contribution is 0.0924. The highest BCUT2D eigenvalue weighted by molar-refractivity contribution is 6.33. The predicted octanol–water partition coefficient (Wildman–Crippen LogP) is 4.79. The van der Waals surface area contributed by atoms with Crippen LogP contribution in [0.25, 0.3) is 5.70 Å². The quantitative estimate of drug-likeness (QED) is 0.451. The van der Waals surface area contributed by atoms with Gasteiger partial charge >= 0.3 is 0 Å². The van der Waals surface area contributed by atoms with Crippen LogP contribution in [0.5, 0.6) is 0 Å². The standard InChI is InChI=1S/C25H16ClN5O2/c26-17-12-10-15(11-13-17)20-14-21(16-6-2-1-3-7-16)31-24(27-20)28-25(29-31)30-22(32)18-8-4-5-9-19(18)23(30)33/h1-14,21H,(H,27,28,29)/t21-/m1/s1. The van der Waals surface area contributed by atoms with E-state index >= 15 is 0 Å². The van der Waals surface area contributed by atoms with Gasteiger partial charge in [-0.2, -0.15) is 4.98 Å². The van der Waals surface area contributed by atoms with Gasteiger partial charge in [0.15, 0.2) is 0 Å². The average Bonchev–Trinajstić information content (AvgIpc) is 3.38. The van der Waals surface area contributed by atoms with Crippen LogP contribution in [0, 0.1) is 0 Å². The smallest absolute Gasteiger partial charge is 0.268 e. The minimum atomic E-state index is -0.430. The second-order valence-electron chi connectivity index (χ2n) is 7.74. The fourth-order valence-corrected chi connectivity index (χ4v) is 4.26. The van der Waals surface area contributed by atoms with Crippen molar-refractivity contribution in [3.63, 3.8) is 0 Å². The molecule has 6 rings (SSSR count). The van der Waals surface area contributed by atoms with Gasteiger partial charge in [0.05, 0.1) is 11.1 Å². The van der Waals surface area contributed by atoms with Crippen molar-refractivity contribution in [2.75, 3.05) is 10.2 Å². The number of fused-ring (bicyclic) bond motifs is 2. The summed E-state index contributed by atoms with van der Waals surface area (Å²) < 4.78 is 1.69. The minimum absolute atomic E-state index is 0.0374. The van der Waals surface area contributed by atoms with Crippen LogP contribution >= 0.6 is 11.6 Å². The Labute approximate surface area is 193 Å². The summed E-state index contributed by atoms with van der Waals surface area (Å²) in [4.78, 5) is 31.5. The zero-order chi connectivity index (χ0) is 22.5. The topological polar surface area (TPSA) is 80.1 Å². The van der Waals surface area contributed by atoms with Crippen LogP contribution < -0.4 is 10.2 Å². The Morgan fingerprint density at radius 2 is 1.45 bits per heavy atom. The summed E-state index contributed by atoms with van der Waals surface area (Å²) >= 11 is 6.06. The molecule has 2 aliphatic heterocycles. The number of amides is 2. The molecule has 1 atom stereocenters. The van der Waals surface area contributed by atoms with E-state index in [4.69, 9.17) is 11.6 Å². The zero-order valence-electron chi connectivity index (χ0n) is 17.1. The molecular weight excluding hydrogens is 438 g/mol. The number of anilines is 2. The maximum Gasteiger partial charge on any atom is 0.268 e. The number of hydrogen-bond acceptors (Lipinski definition) is 5. The number of aromatic nitrogens is 3. The summed E-state index contributed by atoms with van der Waals surface area (Å²) in [7, 11) is 0. The van der Waals surface area contributed by atoms with Gasteiger partial charge in [-0.05, 0) is 41.5 Å². The third kappa shape index (κ3) is 3.13. The van der Waals surface area contributed by atoms with E-state index in [2.05, 4.69) is 15.4 Å². The fourth-order valence-electron chi connectivity index (χ4n) is 4.13. The number of allylic oxidation sites excluding steroid dienone is 1. The molecule has 2 aliphatic rings. The minimum Gasteiger partial charge on any atom is -0.324 e. The van der Waals surface area contributed by atoms with Crippen LogP contribution in [-0.4, -0.2) is 26.6 Å². The summed E-state index contributed by atoms with van der Waals surface area (Å²) in [5.41, 5.74) is 3.45. The number of nitrogens with zero attached hydrogens (tertiary/aromatic N) is 4. The molecule has 0 bridgehead atoms. The van der Waals surface area contributed by atoms with Crippen molar-refractivity contribution >= 4 is 41.0 Å². The number of nitrogens with one attached hydrogen (secondary N) is 1. The van der Waals surface area contributed by atoms with Gasteiger partial charge in [-0.3, -0.25) is 9.59 Å². The van der Waals surface area contributed by atoms with Crippen molar-refractivity contribution in [2.24, 2.45) is 0 Å². The Hall–Kier alpha value is -4.23. The number of rotatable bonds is 3. The summed E-state index contributed by atoms with van der Waals surface area (Å²) in [6.45, 7) is 0. The number of halogens is 1. The lowest BCUT2D eigenvalue weighted by Crippen LogP contribution is -2.30. The summed E-state index contributed by atoms with van der Waals surface area (Å²) in [6, 6.07) is 23.8. The van der Waals surface area contributed by atoms with Crippen molar-refractivity contribution in [1.82, 2.24) is 14.8 Å². The zero-order valence-corrected chi connectivity index (χ0v) is 17.9. The van der Waals surface area contributed by atoms with E-state index in [0.29, 0.717) is 22.1 Å². The van der Waals surface area contributed by atoms with Gasteiger partial charge in [0.2, 0.25) is 5.95 Å². The summed E-state index contributed by atoms with van der Waals surface area (Å²) in [6.07, 6.45) is 2.03. The molecule has 3 aromatic carbocycles. The monoisotopic (exact) mass is 453 g/mol. The van der Waals surface area contributed by atoms with E-state index in [1.807, 2.05) is 60.7 Å². The van der Waals surface area contributed by atoms with Gasteiger partial charge in [0.1, 0.15) is 6.04 Å². The molecule has 0 aliphatic carbocycles. The van der Waals surface area contributed by atoms with Crippen molar-refractivity contribution in [3.05, 3.63) is 112 Å². The summed E-state index contributed by atoms with van der Waals surface area (Å²) in [5.74, 6) is -0.389. The van der Waals surface area contributed by atoms with E-state index < -0.39 is 11.8 Å². The van der Waals surface area contributed by atoms with Crippen LogP contribution in [0.15, 0.2) is 84.9 Å². The van der Waals surface area contributed by atoms with Crippen LogP contribution in [-0.2, 0) is 0 Å². The first-order chi connectivity index (χ1) is 16.1. The average molecular weight is 454 g/mol. The molecule has 2 amide bonds. The van der Waals surface area contributed by atoms with Gasteiger partial charge in [-0.1, -0.05) is 66.2 Å². The number of benzene rings is 3. The van der Waals surface area contributed by atoms with Gasteiger partial charge in [0.25, 0.3) is 17.8 Å². The highest BCUT2D eigenvalue weighted by atomic mass is 35.5. The Morgan fingerprint density at radius 3 is 2.12 bits per heavy atom. The van der Waals surface area contributed by atoms with Crippen molar-refractivity contribution in [1.29, 1.82) is 0 Å². The van der Waals surface area contributed by atoms with E-state index in [0.717, 1.165) is 21.7 Å². The summed E-state index contributed by atoms with van der Waals surface area (Å²) in [5, 5.41) is 8.51. The maximum absolute atomic E-state index is 13.0. The third-order valence-electron chi connectivity index (χ3n) is 5.74. The van der Waals surface area contributed by atoms with E-state index in [9.17, 15) is 9.59 Å².